The summed E-state index contributed by atoms with van der Waals surface area (Å²) in [5.74, 6) is 0.304. The van der Waals surface area contributed by atoms with Crippen LogP contribution >= 0.6 is 0 Å². The molecule has 7 nitrogen and oxygen atoms in total. The van der Waals surface area contributed by atoms with Crippen LogP contribution < -0.4 is 13.6 Å². The van der Waals surface area contributed by atoms with Crippen molar-refractivity contribution in [2.24, 2.45) is 0 Å². The fraction of sp³-hybridized carbons (Fsp3) is 0.400. The number of rotatable bonds is 5. The lowest BCUT2D eigenvalue weighted by Crippen LogP contribution is -2.12. The monoisotopic (exact) mass is 309 g/mol. The van der Waals surface area contributed by atoms with Gasteiger partial charge >= 0.3 is 10.1 Å². The van der Waals surface area contributed by atoms with Gasteiger partial charge in [0.05, 0.1) is 25.3 Å². The summed E-state index contributed by atoms with van der Waals surface area (Å²) in [5.41, 5.74) is 0.607. The van der Waals surface area contributed by atoms with Crippen molar-refractivity contribution in [2.45, 2.75) is 6.92 Å². The fourth-order valence-corrected chi connectivity index (χ4v) is 2.43. The lowest BCUT2D eigenvalue weighted by atomic mass is 10.2. The molecular weight excluding hydrogens is 294 g/mol. The maximum atomic E-state index is 11.2. The van der Waals surface area contributed by atoms with E-state index in [0.29, 0.717) is 5.56 Å². The first-order chi connectivity index (χ1) is 8.52. The number of benzene rings is 1. The molecule has 0 fully saturated rings. The first-order valence-electron chi connectivity index (χ1n) is 5.08. The Balaban J connectivity index is 3.33. The van der Waals surface area contributed by atoms with Gasteiger partial charge in [-0.2, -0.15) is 8.42 Å². The van der Waals surface area contributed by atoms with Gasteiger partial charge in [-0.3, -0.25) is 4.72 Å². The van der Waals surface area contributed by atoms with E-state index in [-0.39, 0.29) is 17.2 Å². The van der Waals surface area contributed by atoms with Gasteiger partial charge in [-0.15, -0.1) is 0 Å². The number of aryl methyl sites for hydroxylation is 1. The second-order valence-corrected chi connectivity index (χ2v) is 7.30. The highest BCUT2D eigenvalue weighted by Gasteiger charge is 2.15. The number of ether oxygens (including phenoxy) is 1. The zero-order valence-electron chi connectivity index (χ0n) is 10.9. The molecule has 1 aromatic rings. The summed E-state index contributed by atoms with van der Waals surface area (Å²) in [6.07, 6.45) is 1.88. The highest BCUT2D eigenvalue weighted by molar-refractivity contribution is 7.92. The highest BCUT2D eigenvalue weighted by atomic mass is 32.2. The van der Waals surface area contributed by atoms with E-state index < -0.39 is 20.1 Å². The van der Waals surface area contributed by atoms with Crippen molar-refractivity contribution in [1.82, 2.24) is 0 Å². The highest BCUT2D eigenvalue weighted by Crippen LogP contribution is 2.33. The first-order valence-corrected chi connectivity index (χ1v) is 8.78. The molecule has 0 unspecified atom stereocenters. The molecule has 1 aromatic carbocycles. The van der Waals surface area contributed by atoms with E-state index in [4.69, 9.17) is 8.92 Å². The lowest BCUT2D eigenvalue weighted by Gasteiger charge is -2.14. The predicted molar refractivity (Wildman–Crippen MR) is 71.7 cm³/mol. The zero-order valence-corrected chi connectivity index (χ0v) is 12.6. The van der Waals surface area contributed by atoms with Crippen molar-refractivity contribution in [2.75, 3.05) is 24.3 Å². The first kappa shape index (κ1) is 15.6. The second kappa shape index (κ2) is 5.25. The second-order valence-electron chi connectivity index (χ2n) is 3.98. The molecule has 0 saturated heterocycles. The predicted octanol–water partition coefficient (Wildman–Crippen LogP) is 0.714. The van der Waals surface area contributed by atoms with E-state index >= 15 is 0 Å². The third-order valence-corrected chi connectivity index (χ3v) is 3.11. The molecule has 0 radical (unpaired) electrons. The van der Waals surface area contributed by atoms with E-state index in [9.17, 15) is 16.8 Å². The van der Waals surface area contributed by atoms with Crippen LogP contribution in [0.4, 0.5) is 5.69 Å². The Kier molecular flexibility index (Phi) is 4.31. The van der Waals surface area contributed by atoms with E-state index in [1.54, 1.807) is 6.92 Å². The largest absolute Gasteiger partial charge is 0.495 e. The lowest BCUT2D eigenvalue weighted by molar-refractivity contribution is 0.415. The van der Waals surface area contributed by atoms with Crippen molar-refractivity contribution in [3.63, 3.8) is 0 Å². The quantitative estimate of drug-likeness (QED) is 0.804. The van der Waals surface area contributed by atoms with Crippen molar-refractivity contribution >= 4 is 25.8 Å². The van der Waals surface area contributed by atoms with Gasteiger partial charge in [-0.05, 0) is 18.6 Å². The Bertz CT molecular complexity index is 678. The van der Waals surface area contributed by atoms with Gasteiger partial charge in [0, 0.05) is 6.07 Å². The maximum absolute atomic E-state index is 11.2. The number of methoxy groups -OCH3 is 1. The number of hydrogen-bond donors (Lipinski definition) is 1. The molecule has 0 amide bonds. The van der Waals surface area contributed by atoms with E-state index in [2.05, 4.69) is 4.72 Å². The molecule has 0 aliphatic rings. The summed E-state index contributed by atoms with van der Waals surface area (Å²) in [6, 6.07) is 2.74. The van der Waals surface area contributed by atoms with Crippen molar-refractivity contribution in [3.8, 4) is 11.5 Å². The average Bonchev–Trinajstić information content (AvgIpc) is 2.18. The van der Waals surface area contributed by atoms with Crippen LogP contribution in [0.5, 0.6) is 11.5 Å². The number of hydrogen-bond acceptors (Lipinski definition) is 6. The number of nitrogens with one attached hydrogen (secondary N) is 1. The number of anilines is 1. The molecule has 0 spiro atoms. The Labute approximate surface area is 112 Å². The molecule has 0 aromatic heterocycles. The van der Waals surface area contributed by atoms with Crippen LogP contribution in [0.3, 0.4) is 0 Å². The SMILES string of the molecule is COc1cc(C)c(OS(C)(=O)=O)cc1NS(C)(=O)=O. The minimum atomic E-state index is -3.70. The van der Waals surface area contributed by atoms with Crippen LogP contribution in [0.25, 0.3) is 0 Å². The molecular formula is C10H15NO6S2. The third kappa shape index (κ3) is 4.95. The Morgan fingerprint density at radius 3 is 2.05 bits per heavy atom. The zero-order chi connectivity index (χ0) is 14.8. The van der Waals surface area contributed by atoms with Crippen LogP contribution in [0, 0.1) is 6.92 Å². The van der Waals surface area contributed by atoms with Crippen molar-refractivity contribution in [1.29, 1.82) is 0 Å². The molecule has 9 heteroatoms. The van der Waals surface area contributed by atoms with Gasteiger partial charge in [-0.1, -0.05) is 0 Å². The summed E-state index contributed by atoms with van der Waals surface area (Å²) in [4.78, 5) is 0. The standard InChI is InChI=1S/C10H15NO6S2/c1-7-5-10(16-2)8(11-18(3,12)13)6-9(7)17-19(4,14)15/h5-6,11H,1-4H3. The molecule has 0 heterocycles. The maximum Gasteiger partial charge on any atom is 0.306 e. The molecule has 0 aliphatic heterocycles. The Morgan fingerprint density at radius 1 is 1.05 bits per heavy atom. The Hall–Kier alpha value is -1.48. The van der Waals surface area contributed by atoms with E-state index in [1.165, 1.54) is 19.2 Å². The summed E-state index contributed by atoms with van der Waals surface area (Å²) >= 11 is 0. The van der Waals surface area contributed by atoms with Gasteiger partial charge in [0.15, 0.2) is 0 Å². The summed E-state index contributed by atoms with van der Waals surface area (Å²) in [6.45, 7) is 1.62. The third-order valence-electron chi connectivity index (χ3n) is 2.03. The van der Waals surface area contributed by atoms with Crippen molar-refractivity contribution in [3.05, 3.63) is 17.7 Å². The van der Waals surface area contributed by atoms with E-state index in [1.807, 2.05) is 0 Å². The van der Waals surface area contributed by atoms with Gasteiger partial charge in [0.2, 0.25) is 10.0 Å². The van der Waals surface area contributed by atoms with E-state index in [0.717, 1.165) is 12.5 Å². The smallest absolute Gasteiger partial charge is 0.306 e. The molecule has 0 aliphatic carbocycles. The molecule has 0 saturated carbocycles. The molecule has 1 rings (SSSR count). The molecule has 0 atom stereocenters. The van der Waals surface area contributed by atoms with Gasteiger partial charge < -0.3 is 8.92 Å². The van der Waals surface area contributed by atoms with Crippen molar-refractivity contribution < 1.29 is 25.8 Å². The van der Waals surface area contributed by atoms with Crippen LogP contribution in [-0.4, -0.2) is 36.5 Å². The van der Waals surface area contributed by atoms with Gasteiger partial charge in [0.25, 0.3) is 0 Å². The summed E-state index contributed by atoms with van der Waals surface area (Å²) in [5, 5.41) is 0. The van der Waals surface area contributed by atoms with Crippen LogP contribution in [0.1, 0.15) is 5.56 Å². The summed E-state index contributed by atoms with van der Waals surface area (Å²) in [7, 11) is -5.84. The normalized spacial score (nSPS) is 12.0. The Morgan fingerprint density at radius 2 is 1.63 bits per heavy atom. The number of sulfonamides is 1. The average molecular weight is 309 g/mol. The van der Waals surface area contributed by atoms with Crippen LogP contribution in [-0.2, 0) is 20.1 Å². The molecule has 108 valence electrons. The molecule has 1 N–H and O–H groups in total. The molecule has 19 heavy (non-hydrogen) atoms. The summed E-state index contributed by atoms with van der Waals surface area (Å²) < 4.78 is 56.7. The van der Waals surface area contributed by atoms with Gasteiger partial charge in [-0.25, -0.2) is 8.42 Å². The minimum absolute atomic E-state index is 0.0365. The van der Waals surface area contributed by atoms with Gasteiger partial charge in [0.1, 0.15) is 11.5 Å². The minimum Gasteiger partial charge on any atom is -0.495 e. The van der Waals surface area contributed by atoms with Crippen LogP contribution in [0.15, 0.2) is 12.1 Å². The molecule has 0 bridgehead atoms. The fourth-order valence-electron chi connectivity index (χ4n) is 1.36. The topological polar surface area (TPSA) is 98.8 Å². The van der Waals surface area contributed by atoms with Crippen LogP contribution in [0.2, 0.25) is 0 Å².